The molecule has 0 spiro atoms. The number of benzene rings is 1. The maximum absolute atomic E-state index is 13.1. The molecule has 1 fully saturated rings. The molecule has 2 aliphatic heterocycles. The molecule has 2 amide bonds. The van der Waals surface area contributed by atoms with E-state index in [1.165, 1.54) is 10.5 Å². The minimum Gasteiger partial charge on any atom is -0.493 e. The number of rotatable bonds is 5. The SMILES string of the molecule is CC(C)CN(Cc1ccc2c(c1)CCCCO2)C(=O)C1CN(C(=O)O)CCO1. The van der Waals surface area contributed by atoms with Crippen molar-refractivity contribution in [1.82, 2.24) is 9.80 Å². The van der Waals surface area contributed by atoms with E-state index < -0.39 is 12.2 Å². The van der Waals surface area contributed by atoms with Crippen molar-refractivity contribution in [2.24, 2.45) is 5.92 Å². The monoisotopic (exact) mass is 390 g/mol. The van der Waals surface area contributed by atoms with Crippen molar-refractivity contribution < 1.29 is 24.2 Å². The van der Waals surface area contributed by atoms with Crippen molar-refractivity contribution in [2.45, 2.75) is 45.8 Å². The molecule has 2 heterocycles. The van der Waals surface area contributed by atoms with Gasteiger partial charge in [0.1, 0.15) is 5.75 Å². The van der Waals surface area contributed by atoms with E-state index in [1.807, 2.05) is 12.1 Å². The Kier molecular flexibility index (Phi) is 6.78. The van der Waals surface area contributed by atoms with Crippen LogP contribution in [-0.4, -0.2) is 65.9 Å². The Labute approximate surface area is 166 Å². The standard InChI is InChI=1S/C21H30N2O5/c1-15(2)12-23(20(24)19-14-22(21(25)26)8-10-28-19)13-16-6-7-18-17(11-16)5-3-4-9-27-18/h6-7,11,15,19H,3-5,8-10,12-14H2,1-2H3,(H,25,26). The van der Waals surface area contributed by atoms with Gasteiger partial charge in [-0.25, -0.2) is 4.79 Å². The van der Waals surface area contributed by atoms with Gasteiger partial charge in [-0.05, 0) is 42.4 Å². The van der Waals surface area contributed by atoms with E-state index in [0.717, 1.165) is 37.2 Å². The Morgan fingerprint density at radius 2 is 2.11 bits per heavy atom. The molecule has 0 aliphatic carbocycles. The van der Waals surface area contributed by atoms with E-state index in [1.54, 1.807) is 4.90 Å². The van der Waals surface area contributed by atoms with E-state index in [4.69, 9.17) is 9.47 Å². The summed E-state index contributed by atoms with van der Waals surface area (Å²) in [5.41, 5.74) is 2.25. The highest BCUT2D eigenvalue weighted by Gasteiger charge is 2.32. The third kappa shape index (κ3) is 5.16. The minimum atomic E-state index is -1.01. The van der Waals surface area contributed by atoms with Crippen LogP contribution in [0.5, 0.6) is 5.75 Å². The molecule has 0 saturated carbocycles. The van der Waals surface area contributed by atoms with E-state index >= 15 is 0 Å². The van der Waals surface area contributed by atoms with E-state index in [9.17, 15) is 14.7 Å². The first-order valence-electron chi connectivity index (χ1n) is 10.1. The predicted molar refractivity (Wildman–Crippen MR) is 104 cm³/mol. The summed E-state index contributed by atoms with van der Waals surface area (Å²) in [6.45, 7) is 6.59. The number of carbonyl (C=O) groups is 2. The third-order valence-corrected chi connectivity index (χ3v) is 5.11. The summed E-state index contributed by atoms with van der Waals surface area (Å²) in [5, 5.41) is 9.23. The number of nitrogens with zero attached hydrogens (tertiary/aromatic N) is 2. The Morgan fingerprint density at radius 1 is 1.29 bits per heavy atom. The number of fused-ring (bicyclic) bond motifs is 1. The summed E-state index contributed by atoms with van der Waals surface area (Å²) in [4.78, 5) is 27.4. The number of morpholine rings is 1. The quantitative estimate of drug-likeness (QED) is 0.836. The molecule has 1 aromatic carbocycles. The molecule has 1 aromatic rings. The molecule has 1 atom stereocenters. The van der Waals surface area contributed by atoms with Crippen LogP contribution >= 0.6 is 0 Å². The van der Waals surface area contributed by atoms with Crippen LogP contribution in [0.4, 0.5) is 4.79 Å². The fourth-order valence-electron chi connectivity index (χ4n) is 3.74. The topological polar surface area (TPSA) is 79.3 Å². The number of aryl methyl sites for hydroxylation is 1. The number of carboxylic acid groups (broad SMARTS) is 1. The van der Waals surface area contributed by atoms with Gasteiger partial charge < -0.3 is 24.4 Å². The van der Waals surface area contributed by atoms with Gasteiger partial charge in [0.25, 0.3) is 5.91 Å². The van der Waals surface area contributed by atoms with Gasteiger partial charge in [-0.1, -0.05) is 26.0 Å². The average molecular weight is 390 g/mol. The maximum Gasteiger partial charge on any atom is 0.407 e. The van der Waals surface area contributed by atoms with Crippen LogP contribution in [0.1, 0.15) is 37.8 Å². The molecule has 28 heavy (non-hydrogen) atoms. The molecule has 7 heteroatoms. The first-order valence-corrected chi connectivity index (χ1v) is 10.1. The second-order valence-electron chi connectivity index (χ2n) is 7.95. The van der Waals surface area contributed by atoms with Crippen molar-refractivity contribution >= 4 is 12.0 Å². The maximum atomic E-state index is 13.1. The van der Waals surface area contributed by atoms with Gasteiger partial charge in [-0.2, -0.15) is 0 Å². The lowest BCUT2D eigenvalue weighted by atomic mass is 10.0. The van der Waals surface area contributed by atoms with Gasteiger partial charge in [0, 0.05) is 19.6 Å². The molecule has 154 valence electrons. The van der Waals surface area contributed by atoms with E-state index in [0.29, 0.717) is 25.6 Å². The zero-order chi connectivity index (χ0) is 20.1. The molecule has 7 nitrogen and oxygen atoms in total. The molecule has 0 radical (unpaired) electrons. The lowest BCUT2D eigenvalue weighted by Crippen LogP contribution is -2.52. The Morgan fingerprint density at radius 3 is 2.86 bits per heavy atom. The molecular formula is C21H30N2O5. The summed E-state index contributed by atoms with van der Waals surface area (Å²) in [5.74, 6) is 1.09. The zero-order valence-electron chi connectivity index (χ0n) is 16.7. The minimum absolute atomic E-state index is 0.0841. The van der Waals surface area contributed by atoms with Gasteiger partial charge in [0.15, 0.2) is 6.10 Å². The van der Waals surface area contributed by atoms with Crippen molar-refractivity contribution in [2.75, 3.05) is 32.8 Å². The van der Waals surface area contributed by atoms with Crippen LogP contribution in [0.15, 0.2) is 18.2 Å². The van der Waals surface area contributed by atoms with Gasteiger partial charge in [-0.3, -0.25) is 4.79 Å². The van der Waals surface area contributed by atoms with Crippen LogP contribution in [0, 0.1) is 5.92 Å². The lowest BCUT2D eigenvalue weighted by molar-refractivity contribution is -0.149. The summed E-state index contributed by atoms with van der Waals surface area (Å²) in [7, 11) is 0. The highest BCUT2D eigenvalue weighted by atomic mass is 16.5. The van der Waals surface area contributed by atoms with Crippen molar-refractivity contribution in [3.05, 3.63) is 29.3 Å². The normalized spacial score (nSPS) is 19.5. The molecule has 1 unspecified atom stereocenters. The van der Waals surface area contributed by atoms with Gasteiger partial charge in [0.2, 0.25) is 0 Å². The highest BCUT2D eigenvalue weighted by molar-refractivity contribution is 5.82. The van der Waals surface area contributed by atoms with Crippen LogP contribution in [0.25, 0.3) is 0 Å². The molecule has 3 rings (SSSR count). The largest absolute Gasteiger partial charge is 0.493 e. The van der Waals surface area contributed by atoms with Crippen molar-refractivity contribution in [3.8, 4) is 5.75 Å². The number of amides is 2. The van der Waals surface area contributed by atoms with Crippen LogP contribution in [-0.2, 0) is 22.5 Å². The molecule has 0 aromatic heterocycles. The fraction of sp³-hybridized carbons (Fsp3) is 0.619. The van der Waals surface area contributed by atoms with Crippen LogP contribution in [0.2, 0.25) is 0 Å². The summed E-state index contributed by atoms with van der Waals surface area (Å²) in [6.07, 6.45) is 1.39. The number of hydrogen-bond donors (Lipinski definition) is 1. The third-order valence-electron chi connectivity index (χ3n) is 5.11. The number of hydrogen-bond acceptors (Lipinski definition) is 4. The number of carbonyl (C=O) groups excluding carboxylic acids is 1. The number of ether oxygens (including phenoxy) is 2. The average Bonchev–Trinajstić information content (AvgIpc) is 2.91. The zero-order valence-corrected chi connectivity index (χ0v) is 16.7. The molecule has 2 aliphatic rings. The first kappa shape index (κ1) is 20.5. The smallest absolute Gasteiger partial charge is 0.407 e. The fourth-order valence-corrected chi connectivity index (χ4v) is 3.74. The van der Waals surface area contributed by atoms with E-state index in [-0.39, 0.29) is 19.1 Å². The Balaban J connectivity index is 1.74. The van der Waals surface area contributed by atoms with Gasteiger partial charge in [0.05, 0.1) is 19.8 Å². The summed E-state index contributed by atoms with van der Waals surface area (Å²) in [6, 6.07) is 6.14. The first-order chi connectivity index (χ1) is 13.4. The van der Waals surface area contributed by atoms with Gasteiger partial charge >= 0.3 is 6.09 Å². The van der Waals surface area contributed by atoms with Crippen LogP contribution < -0.4 is 4.74 Å². The highest BCUT2D eigenvalue weighted by Crippen LogP contribution is 2.26. The van der Waals surface area contributed by atoms with Gasteiger partial charge in [-0.15, -0.1) is 0 Å². The van der Waals surface area contributed by atoms with Crippen LogP contribution in [0.3, 0.4) is 0 Å². The summed E-state index contributed by atoms with van der Waals surface area (Å²) < 4.78 is 11.4. The Hall–Kier alpha value is -2.28. The summed E-state index contributed by atoms with van der Waals surface area (Å²) >= 11 is 0. The molecular weight excluding hydrogens is 360 g/mol. The molecule has 1 saturated heterocycles. The van der Waals surface area contributed by atoms with Crippen molar-refractivity contribution in [1.29, 1.82) is 0 Å². The van der Waals surface area contributed by atoms with E-state index in [2.05, 4.69) is 19.9 Å². The second kappa shape index (κ2) is 9.28. The molecule has 1 N–H and O–H groups in total. The molecule has 0 bridgehead atoms. The predicted octanol–water partition coefficient (Wildman–Crippen LogP) is 2.77. The van der Waals surface area contributed by atoms with Crippen molar-refractivity contribution in [3.63, 3.8) is 0 Å². The second-order valence-corrected chi connectivity index (χ2v) is 7.95. The lowest BCUT2D eigenvalue weighted by Gasteiger charge is -2.34. The Bertz CT molecular complexity index is 706.